The summed E-state index contributed by atoms with van der Waals surface area (Å²) >= 11 is 0. The standard InChI is InChI=1S/C15H25N3O/c1-10-7-11-12(16)8-15(2,3)9-13(11)18(10)6-5-14(19)17-4/h7,12H,5-6,8-9,16H2,1-4H3,(H,17,19). The van der Waals surface area contributed by atoms with Crippen LogP contribution in [0.5, 0.6) is 0 Å². The molecule has 4 heteroatoms. The molecule has 0 fully saturated rings. The number of hydrogen-bond donors (Lipinski definition) is 2. The molecule has 1 unspecified atom stereocenters. The molecule has 1 heterocycles. The Labute approximate surface area is 115 Å². The maximum Gasteiger partial charge on any atom is 0.221 e. The number of nitrogens with one attached hydrogen (secondary N) is 1. The highest BCUT2D eigenvalue weighted by Crippen LogP contribution is 2.40. The van der Waals surface area contributed by atoms with Gasteiger partial charge in [-0.2, -0.15) is 0 Å². The molecule has 1 aliphatic rings. The summed E-state index contributed by atoms with van der Waals surface area (Å²) in [6, 6.07) is 2.32. The summed E-state index contributed by atoms with van der Waals surface area (Å²) < 4.78 is 2.27. The van der Waals surface area contributed by atoms with Crippen molar-refractivity contribution in [1.29, 1.82) is 0 Å². The number of aryl methyl sites for hydroxylation is 1. The van der Waals surface area contributed by atoms with Crippen molar-refractivity contribution in [3.63, 3.8) is 0 Å². The first kappa shape index (κ1) is 14.1. The largest absolute Gasteiger partial charge is 0.359 e. The highest BCUT2D eigenvalue weighted by Gasteiger charge is 2.33. The van der Waals surface area contributed by atoms with Gasteiger partial charge in [0.1, 0.15) is 0 Å². The third-order valence-electron chi connectivity index (χ3n) is 4.11. The topological polar surface area (TPSA) is 60.0 Å². The van der Waals surface area contributed by atoms with Crippen molar-refractivity contribution in [1.82, 2.24) is 9.88 Å². The molecule has 19 heavy (non-hydrogen) atoms. The molecular formula is C15H25N3O. The third-order valence-corrected chi connectivity index (χ3v) is 4.11. The Morgan fingerprint density at radius 1 is 1.58 bits per heavy atom. The van der Waals surface area contributed by atoms with Crippen LogP contribution in [0.2, 0.25) is 0 Å². The van der Waals surface area contributed by atoms with Crippen LogP contribution in [0.15, 0.2) is 6.07 Å². The minimum Gasteiger partial charge on any atom is -0.359 e. The number of fused-ring (bicyclic) bond motifs is 1. The molecule has 0 bridgehead atoms. The average Bonchev–Trinajstić information content (AvgIpc) is 2.61. The predicted octanol–water partition coefficient (Wildman–Crippen LogP) is 1.90. The van der Waals surface area contributed by atoms with Crippen LogP contribution >= 0.6 is 0 Å². The first-order valence-electron chi connectivity index (χ1n) is 6.99. The maximum atomic E-state index is 11.4. The zero-order chi connectivity index (χ0) is 14.2. The Morgan fingerprint density at radius 2 is 2.26 bits per heavy atom. The van der Waals surface area contributed by atoms with Crippen LogP contribution in [0, 0.1) is 12.3 Å². The summed E-state index contributed by atoms with van der Waals surface area (Å²) in [7, 11) is 1.68. The van der Waals surface area contributed by atoms with E-state index >= 15 is 0 Å². The van der Waals surface area contributed by atoms with E-state index in [1.807, 2.05) is 0 Å². The number of amides is 1. The van der Waals surface area contributed by atoms with Gasteiger partial charge in [0.05, 0.1) is 0 Å². The summed E-state index contributed by atoms with van der Waals surface area (Å²) in [5, 5.41) is 2.67. The van der Waals surface area contributed by atoms with Gasteiger partial charge in [0.2, 0.25) is 5.91 Å². The van der Waals surface area contributed by atoms with E-state index in [-0.39, 0.29) is 17.4 Å². The molecule has 106 valence electrons. The first-order valence-corrected chi connectivity index (χ1v) is 6.99. The van der Waals surface area contributed by atoms with Crippen LogP contribution in [-0.2, 0) is 17.8 Å². The molecular weight excluding hydrogens is 238 g/mol. The van der Waals surface area contributed by atoms with Crippen LogP contribution in [0.3, 0.4) is 0 Å². The number of rotatable bonds is 3. The molecule has 1 aromatic rings. The highest BCUT2D eigenvalue weighted by atomic mass is 16.1. The molecule has 0 saturated heterocycles. The van der Waals surface area contributed by atoms with Crippen LogP contribution < -0.4 is 11.1 Å². The van der Waals surface area contributed by atoms with Crippen molar-refractivity contribution in [3.05, 3.63) is 23.0 Å². The predicted molar refractivity (Wildman–Crippen MR) is 76.9 cm³/mol. The summed E-state index contributed by atoms with van der Waals surface area (Å²) in [6.45, 7) is 7.37. The lowest BCUT2D eigenvalue weighted by molar-refractivity contribution is -0.120. The fraction of sp³-hybridized carbons (Fsp3) is 0.667. The smallest absolute Gasteiger partial charge is 0.221 e. The molecule has 1 amide bonds. The average molecular weight is 263 g/mol. The quantitative estimate of drug-likeness (QED) is 0.875. The number of aromatic nitrogens is 1. The number of carbonyl (C=O) groups excluding carboxylic acids is 1. The first-order chi connectivity index (χ1) is 8.84. The molecule has 2 rings (SSSR count). The van der Waals surface area contributed by atoms with Gasteiger partial charge in [0, 0.05) is 37.4 Å². The Balaban J connectivity index is 2.28. The van der Waals surface area contributed by atoms with Crippen LogP contribution in [0.1, 0.15) is 49.7 Å². The minimum absolute atomic E-state index is 0.0845. The van der Waals surface area contributed by atoms with Gasteiger partial charge in [-0.05, 0) is 36.8 Å². The lowest BCUT2D eigenvalue weighted by atomic mass is 9.74. The molecule has 4 nitrogen and oxygen atoms in total. The Hall–Kier alpha value is -1.29. The fourth-order valence-electron chi connectivity index (χ4n) is 3.15. The van der Waals surface area contributed by atoms with Gasteiger partial charge >= 0.3 is 0 Å². The fourth-order valence-corrected chi connectivity index (χ4v) is 3.15. The van der Waals surface area contributed by atoms with Crippen molar-refractivity contribution in [2.24, 2.45) is 11.1 Å². The van der Waals surface area contributed by atoms with Crippen molar-refractivity contribution >= 4 is 5.91 Å². The zero-order valence-corrected chi connectivity index (χ0v) is 12.4. The second-order valence-corrected chi connectivity index (χ2v) is 6.41. The molecule has 3 N–H and O–H groups in total. The van der Waals surface area contributed by atoms with E-state index in [0.29, 0.717) is 6.42 Å². The second kappa shape index (κ2) is 5.00. The monoisotopic (exact) mass is 263 g/mol. The van der Waals surface area contributed by atoms with Gasteiger partial charge < -0.3 is 15.6 Å². The molecule has 0 saturated carbocycles. The number of nitrogens with zero attached hydrogens (tertiary/aromatic N) is 1. The van der Waals surface area contributed by atoms with E-state index in [4.69, 9.17) is 5.73 Å². The summed E-state index contributed by atoms with van der Waals surface area (Å²) in [6.07, 6.45) is 2.59. The number of hydrogen-bond acceptors (Lipinski definition) is 2. The van der Waals surface area contributed by atoms with E-state index in [9.17, 15) is 4.79 Å². The molecule has 1 aliphatic carbocycles. The van der Waals surface area contributed by atoms with Gasteiger partial charge in [0.15, 0.2) is 0 Å². The molecule has 0 aromatic carbocycles. The van der Waals surface area contributed by atoms with E-state index in [1.165, 1.54) is 17.0 Å². The van der Waals surface area contributed by atoms with Crippen molar-refractivity contribution in [2.45, 2.75) is 52.6 Å². The number of carbonyl (C=O) groups is 1. The minimum atomic E-state index is 0.0845. The molecule has 1 atom stereocenters. The zero-order valence-electron chi connectivity index (χ0n) is 12.4. The Kier molecular flexibility index (Phi) is 3.72. The normalized spacial score (nSPS) is 21.0. The second-order valence-electron chi connectivity index (χ2n) is 6.41. The maximum absolute atomic E-state index is 11.4. The van der Waals surface area contributed by atoms with Crippen molar-refractivity contribution in [2.75, 3.05) is 7.05 Å². The van der Waals surface area contributed by atoms with E-state index in [1.54, 1.807) is 7.05 Å². The van der Waals surface area contributed by atoms with Crippen LogP contribution in [0.4, 0.5) is 0 Å². The summed E-state index contributed by atoms with van der Waals surface area (Å²) in [5.74, 6) is 0.0845. The van der Waals surface area contributed by atoms with Crippen molar-refractivity contribution < 1.29 is 4.79 Å². The van der Waals surface area contributed by atoms with E-state index < -0.39 is 0 Å². The summed E-state index contributed by atoms with van der Waals surface area (Å²) in [5.41, 5.74) is 10.3. The van der Waals surface area contributed by atoms with Crippen molar-refractivity contribution in [3.8, 4) is 0 Å². The van der Waals surface area contributed by atoms with E-state index in [2.05, 4.69) is 36.7 Å². The molecule has 0 spiro atoms. The van der Waals surface area contributed by atoms with Crippen LogP contribution in [0.25, 0.3) is 0 Å². The molecule has 1 aromatic heterocycles. The van der Waals surface area contributed by atoms with Gasteiger partial charge in [-0.3, -0.25) is 4.79 Å². The summed E-state index contributed by atoms with van der Waals surface area (Å²) in [4.78, 5) is 11.4. The molecule has 0 aliphatic heterocycles. The Morgan fingerprint density at radius 3 is 2.89 bits per heavy atom. The van der Waals surface area contributed by atoms with Gasteiger partial charge in [0.25, 0.3) is 0 Å². The van der Waals surface area contributed by atoms with Gasteiger partial charge in [-0.25, -0.2) is 0 Å². The van der Waals surface area contributed by atoms with Crippen LogP contribution in [-0.4, -0.2) is 17.5 Å². The van der Waals surface area contributed by atoms with Gasteiger partial charge in [-0.1, -0.05) is 13.8 Å². The molecule has 0 radical (unpaired) electrons. The third kappa shape index (κ3) is 2.84. The SMILES string of the molecule is CNC(=O)CCn1c(C)cc2c1CC(C)(C)CC2N. The van der Waals surface area contributed by atoms with Gasteiger partial charge in [-0.15, -0.1) is 0 Å². The highest BCUT2D eigenvalue weighted by molar-refractivity contribution is 5.75. The lowest BCUT2D eigenvalue weighted by Gasteiger charge is -2.34. The van der Waals surface area contributed by atoms with E-state index in [0.717, 1.165) is 19.4 Å². The number of nitrogens with two attached hydrogens (primary N) is 1. The Bertz CT molecular complexity index is 488. The lowest BCUT2D eigenvalue weighted by Crippen LogP contribution is -2.31.